The lowest BCUT2D eigenvalue weighted by atomic mass is 10.2. The molecule has 1 heterocycles. The van der Waals surface area contributed by atoms with Gasteiger partial charge in [0.1, 0.15) is 17.8 Å². The van der Waals surface area contributed by atoms with Crippen molar-refractivity contribution in [3.05, 3.63) is 77.2 Å². The number of aryl methyl sites for hydroxylation is 1. The molecule has 6 heteroatoms. The molecule has 1 amide bonds. The Labute approximate surface area is 151 Å². The van der Waals surface area contributed by atoms with Gasteiger partial charge in [0, 0.05) is 29.5 Å². The average Bonchev–Trinajstić information content (AvgIpc) is 2.64. The van der Waals surface area contributed by atoms with E-state index in [1.807, 2.05) is 49.4 Å². The molecular formula is C19H17ClN4O. The number of aromatic nitrogens is 2. The first-order valence-corrected chi connectivity index (χ1v) is 8.11. The van der Waals surface area contributed by atoms with E-state index in [0.29, 0.717) is 16.5 Å². The summed E-state index contributed by atoms with van der Waals surface area (Å²) in [5.41, 5.74) is 2.97. The van der Waals surface area contributed by atoms with Crippen molar-refractivity contribution in [3.63, 3.8) is 0 Å². The van der Waals surface area contributed by atoms with Gasteiger partial charge >= 0.3 is 0 Å². The fraction of sp³-hybridized carbons (Fsp3) is 0.105. The Morgan fingerprint density at radius 3 is 2.56 bits per heavy atom. The topological polar surface area (TPSA) is 58.1 Å². The number of anilines is 3. The number of nitrogens with zero attached hydrogens (tertiary/aromatic N) is 3. The standard InChI is InChI=1S/C19H17ClN4O/c1-13-10-14(20)8-9-16(13)23-18-11-17(21-12-22-18)19(25)24(2)15-6-4-3-5-7-15/h3-12H,1-2H3,(H,21,22,23). The highest BCUT2D eigenvalue weighted by atomic mass is 35.5. The van der Waals surface area contributed by atoms with Crippen LogP contribution in [0.1, 0.15) is 16.1 Å². The van der Waals surface area contributed by atoms with Gasteiger partial charge in [-0.1, -0.05) is 29.8 Å². The molecule has 0 spiro atoms. The van der Waals surface area contributed by atoms with Gasteiger partial charge in [-0.15, -0.1) is 0 Å². The van der Waals surface area contributed by atoms with E-state index in [0.717, 1.165) is 16.9 Å². The van der Waals surface area contributed by atoms with Crippen LogP contribution in [0.2, 0.25) is 5.02 Å². The lowest BCUT2D eigenvalue weighted by Gasteiger charge is -2.17. The summed E-state index contributed by atoms with van der Waals surface area (Å²) in [7, 11) is 1.72. The smallest absolute Gasteiger partial charge is 0.276 e. The molecule has 0 unspecified atom stereocenters. The quantitative estimate of drug-likeness (QED) is 0.753. The molecule has 0 bridgehead atoms. The van der Waals surface area contributed by atoms with Gasteiger partial charge in [-0.3, -0.25) is 4.79 Å². The molecule has 0 aliphatic heterocycles. The number of nitrogens with one attached hydrogen (secondary N) is 1. The van der Waals surface area contributed by atoms with Crippen LogP contribution in [0.5, 0.6) is 0 Å². The Hall–Kier alpha value is -2.92. The molecule has 3 aromatic rings. The number of halogens is 1. The van der Waals surface area contributed by atoms with E-state index in [-0.39, 0.29) is 5.91 Å². The van der Waals surface area contributed by atoms with Gasteiger partial charge in [0.2, 0.25) is 0 Å². The van der Waals surface area contributed by atoms with Crippen molar-refractivity contribution in [3.8, 4) is 0 Å². The molecule has 2 aromatic carbocycles. The Bertz CT molecular complexity index is 899. The zero-order valence-electron chi connectivity index (χ0n) is 13.9. The second-order valence-electron chi connectivity index (χ2n) is 5.57. The van der Waals surface area contributed by atoms with Crippen molar-refractivity contribution in [2.45, 2.75) is 6.92 Å². The fourth-order valence-corrected chi connectivity index (χ4v) is 2.62. The number of benzene rings is 2. The predicted molar refractivity (Wildman–Crippen MR) is 101 cm³/mol. The first-order valence-electron chi connectivity index (χ1n) is 7.73. The van der Waals surface area contributed by atoms with E-state index in [4.69, 9.17) is 11.6 Å². The zero-order valence-corrected chi connectivity index (χ0v) is 14.7. The van der Waals surface area contributed by atoms with Crippen molar-refractivity contribution in [2.75, 3.05) is 17.3 Å². The van der Waals surface area contributed by atoms with E-state index < -0.39 is 0 Å². The lowest BCUT2D eigenvalue weighted by Crippen LogP contribution is -2.27. The van der Waals surface area contributed by atoms with Crippen LogP contribution in [0.15, 0.2) is 60.9 Å². The van der Waals surface area contributed by atoms with Crippen molar-refractivity contribution in [1.82, 2.24) is 9.97 Å². The molecule has 0 radical (unpaired) electrons. The van der Waals surface area contributed by atoms with Crippen LogP contribution in [0.25, 0.3) is 0 Å². The van der Waals surface area contributed by atoms with E-state index in [1.165, 1.54) is 6.33 Å². The van der Waals surface area contributed by atoms with Crippen LogP contribution < -0.4 is 10.2 Å². The van der Waals surface area contributed by atoms with Gasteiger partial charge in [-0.05, 0) is 42.8 Å². The number of hydrogen-bond acceptors (Lipinski definition) is 4. The number of rotatable bonds is 4. The molecule has 1 aromatic heterocycles. The van der Waals surface area contributed by atoms with Gasteiger partial charge in [-0.2, -0.15) is 0 Å². The summed E-state index contributed by atoms with van der Waals surface area (Å²) in [5.74, 6) is 0.342. The summed E-state index contributed by atoms with van der Waals surface area (Å²) in [5, 5.41) is 3.87. The number of para-hydroxylation sites is 1. The first-order chi connectivity index (χ1) is 12.0. The van der Waals surface area contributed by atoms with Crippen LogP contribution >= 0.6 is 11.6 Å². The van der Waals surface area contributed by atoms with Crippen molar-refractivity contribution in [1.29, 1.82) is 0 Å². The highest BCUT2D eigenvalue weighted by Gasteiger charge is 2.15. The molecule has 0 aliphatic carbocycles. The van der Waals surface area contributed by atoms with Crippen molar-refractivity contribution < 1.29 is 4.79 Å². The second kappa shape index (κ2) is 7.32. The van der Waals surface area contributed by atoms with Crippen LogP contribution in [-0.2, 0) is 0 Å². The minimum Gasteiger partial charge on any atom is -0.340 e. The SMILES string of the molecule is Cc1cc(Cl)ccc1Nc1cc(C(=O)N(C)c2ccccc2)ncn1. The number of carbonyl (C=O) groups excluding carboxylic acids is 1. The second-order valence-corrected chi connectivity index (χ2v) is 6.01. The summed E-state index contributed by atoms with van der Waals surface area (Å²) >= 11 is 5.98. The van der Waals surface area contributed by atoms with Crippen LogP contribution in [-0.4, -0.2) is 22.9 Å². The third-order valence-corrected chi connectivity index (χ3v) is 4.02. The molecule has 0 saturated carbocycles. The molecule has 0 aliphatic rings. The molecule has 126 valence electrons. The Balaban J connectivity index is 1.82. The minimum atomic E-state index is -0.204. The number of amides is 1. The maximum absolute atomic E-state index is 12.7. The molecule has 3 rings (SSSR count). The largest absolute Gasteiger partial charge is 0.340 e. The third kappa shape index (κ3) is 3.95. The fourth-order valence-electron chi connectivity index (χ4n) is 2.39. The summed E-state index contributed by atoms with van der Waals surface area (Å²) in [4.78, 5) is 22.5. The first kappa shape index (κ1) is 16.9. The van der Waals surface area contributed by atoms with E-state index >= 15 is 0 Å². The van der Waals surface area contributed by atoms with Gasteiger partial charge in [-0.25, -0.2) is 9.97 Å². The van der Waals surface area contributed by atoms with Gasteiger partial charge in [0.25, 0.3) is 5.91 Å². The molecule has 0 saturated heterocycles. The normalized spacial score (nSPS) is 10.4. The molecule has 5 nitrogen and oxygen atoms in total. The Morgan fingerprint density at radius 2 is 1.84 bits per heavy atom. The Morgan fingerprint density at radius 1 is 1.08 bits per heavy atom. The Kier molecular flexibility index (Phi) is 4.95. The zero-order chi connectivity index (χ0) is 17.8. The predicted octanol–water partition coefficient (Wildman–Crippen LogP) is 4.46. The van der Waals surface area contributed by atoms with Gasteiger partial charge < -0.3 is 10.2 Å². The average molecular weight is 353 g/mol. The maximum Gasteiger partial charge on any atom is 0.276 e. The molecule has 0 fully saturated rings. The van der Waals surface area contributed by atoms with E-state index in [1.54, 1.807) is 24.1 Å². The number of hydrogen-bond donors (Lipinski definition) is 1. The van der Waals surface area contributed by atoms with Crippen molar-refractivity contribution in [2.24, 2.45) is 0 Å². The van der Waals surface area contributed by atoms with E-state index in [2.05, 4.69) is 15.3 Å². The monoisotopic (exact) mass is 352 g/mol. The minimum absolute atomic E-state index is 0.204. The molecule has 25 heavy (non-hydrogen) atoms. The lowest BCUT2D eigenvalue weighted by molar-refractivity contribution is 0.0988. The van der Waals surface area contributed by atoms with Crippen LogP contribution in [0.3, 0.4) is 0 Å². The molecule has 0 atom stereocenters. The van der Waals surface area contributed by atoms with Crippen molar-refractivity contribution >= 4 is 34.7 Å². The van der Waals surface area contributed by atoms with E-state index in [9.17, 15) is 4.79 Å². The highest BCUT2D eigenvalue weighted by Crippen LogP contribution is 2.23. The highest BCUT2D eigenvalue weighted by molar-refractivity contribution is 6.30. The summed E-state index contributed by atoms with van der Waals surface area (Å²) in [6.45, 7) is 1.95. The van der Waals surface area contributed by atoms with Crippen LogP contribution in [0.4, 0.5) is 17.2 Å². The summed E-state index contributed by atoms with van der Waals surface area (Å²) in [6, 6.07) is 16.6. The van der Waals surface area contributed by atoms with Crippen LogP contribution in [0, 0.1) is 6.92 Å². The summed E-state index contributed by atoms with van der Waals surface area (Å²) in [6.07, 6.45) is 1.37. The number of carbonyl (C=O) groups is 1. The third-order valence-electron chi connectivity index (χ3n) is 3.79. The van der Waals surface area contributed by atoms with Gasteiger partial charge in [0.15, 0.2) is 0 Å². The van der Waals surface area contributed by atoms with Gasteiger partial charge in [0.05, 0.1) is 0 Å². The summed E-state index contributed by atoms with van der Waals surface area (Å²) < 4.78 is 0. The molecular weight excluding hydrogens is 336 g/mol. The maximum atomic E-state index is 12.7. The molecule has 1 N–H and O–H groups in total.